The molecule has 0 saturated carbocycles. The number of nitrogens with zero attached hydrogens (tertiary/aromatic N) is 2. The third kappa shape index (κ3) is 6.82. The summed E-state index contributed by atoms with van der Waals surface area (Å²) in [5.74, 6) is 2.44. The van der Waals surface area contributed by atoms with E-state index in [1.54, 1.807) is 7.05 Å². The number of piperidine rings is 1. The van der Waals surface area contributed by atoms with Crippen molar-refractivity contribution in [2.24, 2.45) is 16.8 Å². The number of hydrogen-bond acceptors (Lipinski definition) is 2. The molecule has 0 bridgehead atoms. The number of guanidine groups is 1. The monoisotopic (exact) mass is 296 g/mol. The highest BCUT2D eigenvalue weighted by molar-refractivity contribution is 5.80. The van der Waals surface area contributed by atoms with Crippen LogP contribution in [-0.2, 0) is 4.79 Å². The zero-order valence-corrected chi connectivity index (χ0v) is 14.1. The molecule has 0 aromatic rings. The van der Waals surface area contributed by atoms with Crippen LogP contribution >= 0.6 is 0 Å². The number of rotatable bonds is 6. The quantitative estimate of drug-likeness (QED) is 0.447. The van der Waals surface area contributed by atoms with E-state index >= 15 is 0 Å². The molecular weight excluding hydrogens is 264 g/mol. The highest BCUT2D eigenvalue weighted by Crippen LogP contribution is 2.20. The summed E-state index contributed by atoms with van der Waals surface area (Å²) >= 11 is 0. The summed E-state index contributed by atoms with van der Waals surface area (Å²) in [4.78, 5) is 18.1. The van der Waals surface area contributed by atoms with Crippen LogP contribution in [-0.4, -0.2) is 50.5 Å². The van der Waals surface area contributed by atoms with Gasteiger partial charge < -0.3 is 15.5 Å². The molecule has 1 rings (SSSR count). The Morgan fingerprint density at radius 1 is 1.33 bits per heavy atom. The van der Waals surface area contributed by atoms with Crippen LogP contribution in [0.5, 0.6) is 0 Å². The standard InChI is InChI=1S/C16H32N4O/c1-13(2)6-5-9-19-16(18-4)20-10-7-14(8-11-20)12-15(21)17-3/h13-14H,5-12H2,1-4H3,(H,17,21)(H,18,19). The van der Waals surface area contributed by atoms with Crippen molar-refractivity contribution in [3.63, 3.8) is 0 Å². The molecule has 0 atom stereocenters. The van der Waals surface area contributed by atoms with Gasteiger partial charge in [0, 0.05) is 40.2 Å². The normalized spacial score (nSPS) is 17.2. The number of likely N-dealkylation sites (tertiary alicyclic amines) is 1. The number of hydrogen-bond donors (Lipinski definition) is 2. The minimum absolute atomic E-state index is 0.157. The predicted molar refractivity (Wildman–Crippen MR) is 88.4 cm³/mol. The Kier molecular flexibility index (Phi) is 8.16. The first-order chi connectivity index (χ1) is 10.1. The van der Waals surface area contributed by atoms with E-state index in [-0.39, 0.29) is 5.91 Å². The molecule has 0 aromatic carbocycles. The topological polar surface area (TPSA) is 56.7 Å². The van der Waals surface area contributed by atoms with Crippen molar-refractivity contribution in [1.82, 2.24) is 15.5 Å². The van der Waals surface area contributed by atoms with E-state index in [0.717, 1.165) is 44.4 Å². The molecule has 1 aliphatic rings. The second kappa shape index (κ2) is 9.64. The van der Waals surface area contributed by atoms with E-state index in [9.17, 15) is 4.79 Å². The number of carbonyl (C=O) groups is 1. The number of nitrogens with one attached hydrogen (secondary N) is 2. The number of aliphatic imine (C=N–C) groups is 1. The molecule has 0 aliphatic carbocycles. The molecule has 0 aromatic heterocycles. The van der Waals surface area contributed by atoms with E-state index in [1.807, 2.05) is 7.05 Å². The lowest BCUT2D eigenvalue weighted by Crippen LogP contribution is -2.46. The lowest BCUT2D eigenvalue weighted by molar-refractivity contribution is -0.121. The SMILES string of the molecule is CN=C(NCCCC(C)C)N1CCC(CC(=O)NC)CC1. The summed E-state index contributed by atoms with van der Waals surface area (Å²) in [7, 11) is 3.56. The van der Waals surface area contributed by atoms with Crippen LogP contribution < -0.4 is 10.6 Å². The molecule has 5 heteroatoms. The van der Waals surface area contributed by atoms with Gasteiger partial charge >= 0.3 is 0 Å². The summed E-state index contributed by atoms with van der Waals surface area (Å²) in [6.07, 6.45) is 5.23. The van der Waals surface area contributed by atoms with Gasteiger partial charge in [0.25, 0.3) is 0 Å². The minimum atomic E-state index is 0.157. The van der Waals surface area contributed by atoms with Gasteiger partial charge in [-0.15, -0.1) is 0 Å². The van der Waals surface area contributed by atoms with Crippen LogP contribution in [0.4, 0.5) is 0 Å². The van der Waals surface area contributed by atoms with Crippen molar-refractivity contribution in [2.45, 2.75) is 46.0 Å². The number of amides is 1. The van der Waals surface area contributed by atoms with Crippen molar-refractivity contribution in [3.8, 4) is 0 Å². The fraction of sp³-hybridized carbons (Fsp3) is 0.875. The molecule has 1 heterocycles. The smallest absolute Gasteiger partial charge is 0.220 e. The average Bonchev–Trinajstić information content (AvgIpc) is 2.48. The third-order valence-corrected chi connectivity index (χ3v) is 4.12. The van der Waals surface area contributed by atoms with E-state index < -0.39 is 0 Å². The lowest BCUT2D eigenvalue weighted by atomic mass is 9.93. The molecule has 1 amide bonds. The molecule has 0 unspecified atom stereocenters. The first-order valence-corrected chi connectivity index (χ1v) is 8.23. The molecule has 0 spiro atoms. The second-order valence-corrected chi connectivity index (χ2v) is 6.32. The van der Waals surface area contributed by atoms with Crippen LogP contribution in [0.2, 0.25) is 0 Å². The summed E-state index contributed by atoms with van der Waals surface area (Å²) in [5, 5.41) is 6.17. The van der Waals surface area contributed by atoms with Gasteiger partial charge in [0.2, 0.25) is 5.91 Å². The van der Waals surface area contributed by atoms with Crippen LogP contribution in [0.25, 0.3) is 0 Å². The van der Waals surface area contributed by atoms with Gasteiger partial charge in [0.15, 0.2) is 5.96 Å². The highest BCUT2D eigenvalue weighted by Gasteiger charge is 2.22. The van der Waals surface area contributed by atoms with E-state index in [2.05, 4.69) is 34.4 Å². The van der Waals surface area contributed by atoms with Gasteiger partial charge in [-0.1, -0.05) is 13.8 Å². The third-order valence-electron chi connectivity index (χ3n) is 4.12. The van der Waals surface area contributed by atoms with E-state index in [0.29, 0.717) is 12.3 Å². The summed E-state index contributed by atoms with van der Waals surface area (Å²) in [6.45, 7) is 7.48. The maximum atomic E-state index is 11.4. The van der Waals surface area contributed by atoms with Crippen molar-refractivity contribution >= 4 is 11.9 Å². The van der Waals surface area contributed by atoms with Crippen LogP contribution in [0.15, 0.2) is 4.99 Å². The Balaban J connectivity index is 2.28. The van der Waals surface area contributed by atoms with Gasteiger partial charge in [-0.2, -0.15) is 0 Å². The zero-order valence-electron chi connectivity index (χ0n) is 14.1. The van der Waals surface area contributed by atoms with Crippen molar-refractivity contribution < 1.29 is 4.79 Å². The molecule has 122 valence electrons. The van der Waals surface area contributed by atoms with Crippen LogP contribution in [0, 0.1) is 11.8 Å². The van der Waals surface area contributed by atoms with E-state index in [1.165, 1.54) is 12.8 Å². The molecule has 1 fully saturated rings. The molecule has 5 nitrogen and oxygen atoms in total. The van der Waals surface area contributed by atoms with Gasteiger partial charge in [-0.3, -0.25) is 9.79 Å². The largest absolute Gasteiger partial charge is 0.359 e. The fourth-order valence-corrected chi connectivity index (χ4v) is 2.76. The minimum Gasteiger partial charge on any atom is -0.359 e. The summed E-state index contributed by atoms with van der Waals surface area (Å²) in [6, 6.07) is 0. The maximum Gasteiger partial charge on any atom is 0.220 e. The molecule has 2 N–H and O–H groups in total. The van der Waals surface area contributed by atoms with Crippen LogP contribution in [0.3, 0.4) is 0 Å². The van der Waals surface area contributed by atoms with Gasteiger partial charge in [0.05, 0.1) is 0 Å². The highest BCUT2D eigenvalue weighted by atomic mass is 16.1. The average molecular weight is 296 g/mol. The Morgan fingerprint density at radius 3 is 2.52 bits per heavy atom. The van der Waals surface area contributed by atoms with Gasteiger partial charge in [-0.05, 0) is 37.5 Å². The molecular formula is C16H32N4O. The fourth-order valence-electron chi connectivity index (χ4n) is 2.76. The molecule has 1 saturated heterocycles. The van der Waals surface area contributed by atoms with Crippen molar-refractivity contribution in [1.29, 1.82) is 0 Å². The molecule has 0 radical (unpaired) electrons. The maximum absolute atomic E-state index is 11.4. The van der Waals surface area contributed by atoms with Crippen molar-refractivity contribution in [2.75, 3.05) is 33.7 Å². The first kappa shape index (κ1) is 17.8. The van der Waals surface area contributed by atoms with Crippen molar-refractivity contribution in [3.05, 3.63) is 0 Å². The Hall–Kier alpha value is -1.26. The Morgan fingerprint density at radius 2 is 2.00 bits per heavy atom. The zero-order chi connectivity index (χ0) is 15.7. The lowest BCUT2D eigenvalue weighted by Gasteiger charge is -2.34. The predicted octanol–water partition coefficient (Wildman–Crippen LogP) is 1.85. The summed E-state index contributed by atoms with van der Waals surface area (Å²) < 4.78 is 0. The van der Waals surface area contributed by atoms with Gasteiger partial charge in [-0.25, -0.2) is 0 Å². The molecule has 21 heavy (non-hydrogen) atoms. The second-order valence-electron chi connectivity index (χ2n) is 6.32. The molecule has 1 aliphatic heterocycles. The van der Waals surface area contributed by atoms with Gasteiger partial charge in [0.1, 0.15) is 0 Å². The van der Waals surface area contributed by atoms with E-state index in [4.69, 9.17) is 0 Å². The Labute approximate surface area is 129 Å². The first-order valence-electron chi connectivity index (χ1n) is 8.23. The number of carbonyl (C=O) groups excluding carboxylic acids is 1. The summed E-state index contributed by atoms with van der Waals surface area (Å²) in [5.41, 5.74) is 0. The van der Waals surface area contributed by atoms with Crippen LogP contribution in [0.1, 0.15) is 46.0 Å². The Bertz CT molecular complexity index is 333.